The van der Waals surface area contributed by atoms with Crippen LogP contribution in [0.2, 0.25) is 5.02 Å². The van der Waals surface area contributed by atoms with Crippen LogP contribution in [0.3, 0.4) is 0 Å². The van der Waals surface area contributed by atoms with Crippen molar-refractivity contribution < 1.29 is 19.4 Å². The van der Waals surface area contributed by atoms with E-state index in [1.54, 1.807) is 42.5 Å². The van der Waals surface area contributed by atoms with Gasteiger partial charge < -0.3 is 20.0 Å². The summed E-state index contributed by atoms with van der Waals surface area (Å²) >= 11 is 5.93. The minimum absolute atomic E-state index is 0.168. The Balaban J connectivity index is 2.33. The van der Waals surface area contributed by atoms with Crippen LogP contribution in [0.5, 0.6) is 5.75 Å². The number of benzene rings is 2. The molecular weight excluding hydrogens is 318 g/mol. The van der Waals surface area contributed by atoms with Gasteiger partial charge in [-0.15, -0.1) is 0 Å². The molecule has 0 fully saturated rings. The molecule has 0 bridgehead atoms. The molecule has 2 aromatic rings. The van der Waals surface area contributed by atoms with Gasteiger partial charge in [0.15, 0.2) is 0 Å². The van der Waals surface area contributed by atoms with Gasteiger partial charge in [0.2, 0.25) is 0 Å². The number of nitrogens with one attached hydrogen (secondary N) is 1. The molecule has 6 heteroatoms. The second-order valence-electron chi connectivity index (χ2n) is 4.52. The van der Waals surface area contributed by atoms with Crippen LogP contribution >= 0.6 is 11.6 Å². The molecule has 0 aliphatic carbocycles. The predicted molar refractivity (Wildman–Crippen MR) is 84.9 cm³/mol. The van der Waals surface area contributed by atoms with E-state index in [2.05, 4.69) is 5.32 Å². The molecule has 0 aliphatic heterocycles. The van der Waals surface area contributed by atoms with Crippen LogP contribution in [0.4, 0.5) is 0 Å². The number of hydrogen-bond acceptors (Lipinski definition) is 4. The van der Waals surface area contributed by atoms with Crippen LogP contribution < -0.4 is 15.2 Å². The lowest BCUT2D eigenvalue weighted by Gasteiger charge is -2.13. The lowest BCUT2D eigenvalue weighted by atomic mass is 10.1. The van der Waals surface area contributed by atoms with E-state index in [9.17, 15) is 14.7 Å². The monoisotopic (exact) mass is 330 g/mol. The number of carbonyl (C=O) groups excluding carboxylic acids is 2. The van der Waals surface area contributed by atoms with Crippen LogP contribution in [0.15, 0.2) is 54.2 Å². The summed E-state index contributed by atoms with van der Waals surface area (Å²) in [5.74, 6) is -1.68. The largest absolute Gasteiger partial charge is 0.543 e. The first-order valence-electron chi connectivity index (χ1n) is 6.65. The van der Waals surface area contributed by atoms with E-state index >= 15 is 0 Å². The third kappa shape index (κ3) is 4.11. The Morgan fingerprint density at radius 1 is 1.13 bits per heavy atom. The van der Waals surface area contributed by atoms with Crippen molar-refractivity contribution in [1.82, 2.24) is 5.32 Å². The molecule has 118 valence electrons. The highest BCUT2D eigenvalue weighted by atomic mass is 35.5. The van der Waals surface area contributed by atoms with Crippen molar-refractivity contribution in [3.05, 3.63) is 70.4 Å². The van der Waals surface area contributed by atoms with Gasteiger partial charge >= 0.3 is 0 Å². The van der Waals surface area contributed by atoms with E-state index in [1.165, 1.54) is 19.3 Å². The molecule has 2 aromatic carbocycles. The highest BCUT2D eigenvalue weighted by Gasteiger charge is 2.12. The Hall–Kier alpha value is -2.79. The Kier molecular flexibility index (Phi) is 5.38. The third-order valence-corrected chi connectivity index (χ3v) is 3.35. The number of aliphatic carboxylic acids is 1. The van der Waals surface area contributed by atoms with E-state index in [0.717, 1.165) is 0 Å². The molecule has 0 saturated heterocycles. The van der Waals surface area contributed by atoms with E-state index in [-0.39, 0.29) is 16.3 Å². The van der Waals surface area contributed by atoms with Gasteiger partial charge in [0.25, 0.3) is 5.91 Å². The molecule has 5 nitrogen and oxygen atoms in total. The molecule has 0 saturated carbocycles. The summed E-state index contributed by atoms with van der Waals surface area (Å²) in [6.45, 7) is 0. The van der Waals surface area contributed by atoms with Gasteiger partial charge in [-0.3, -0.25) is 4.79 Å². The maximum absolute atomic E-state index is 12.2. The van der Waals surface area contributed by atoms with Crippen LogP contribution in [-0.2, 0) is 4.79 Å². The van der Waals surface area contributed by atoms with Gasteiger partial charge in [0.1, 0.15) is 5.75 Å². The van der Waals surface area contributed by atoms with Crippen LogP contribution in [-0.4, -0.2) is 19.0 Å². The number of amides is 1. The molecule has 0 atom stereocenters. The Bertz CT molecular complexity index is 771. The first-order valence-corrected chi connectivity index (χ1v) is 7.02. The van der Waals surface area contributed by atoms with E-state index in [1.807, 2.05) is 0 Å². The summed E-state index contributed by atoms with van der Waals surface area (Å²) in [6, 6.07) is 13.1. The lowest BCUT2D eigenvalue weighted by Crippen LogP contribution is -2.35. The molecule has 0 unspecified atom stereocenters. The average Bonchev–Trinajstić information content (AvgIpc) is 2.54. The van der Waals surface area contributed by atoms with E-state index < -0.39 is 11.9 Å². The summed E-state index contributed by atoms with van der Waals surface area (Å²) in [5.41, 5.74) is 0.273. The van der Waals surface area contributed by atoms with Gasteiger partial charge in [-0.1, -0.05) is 41.9 Å². The first kappa shape index (κ1) is 16.6. The van der Waals surface area contributed by atoms with E-state index in [4.69, 9.17) is 16.3 Å². The summed E-state index contributed by atoms with van der Waals surface area (Å²) in [6.07, 6.45) is 1.27. The predicted octanol–water partition coefficient (Wildman–Crippen LogP) is 1.87. The van der Waals surface area contributed by atoms with Crippen molar-refractivity contribution in [2.24, 2.45) is 0 Å². The van der Waals surface area contributed by atoms with Gasteiger partial charge in [-0.2, -0.15) is 0 Å². The van der Waals surface area contributed by atoms with Crippen LogP contribution in [0.1, 0.15) is 15.9 Å². The maximum Gasteiger partial charge on any atom is 0.257 e. The van der Waals surface area contributed by atoms with Crippen LogP contribution in [0, 0.1) is 0 Å². The van der Waals surface area contributed by atoms with Crippen molar-refractivity contribution in [2.45, 2.75) is 0 Å². The fourth-order valence-corrected chi connectivity index (χ4v) is 2.14. The summed E-state index contributed by atoms with van der Waals surface area (Å²) in [5, 5.41) is 13.8. The molecule has 1 amide bonds. The number of halogens is 1. The standard InChI is InChI=1S/C17H14ClNO4/c1-23-15-9-5-2-6-11(15)10-14(17(21)22)19-16(20)12-7-3-4-8-13(12)18/h2-10H,1H3,(H,19,20)(H,21,22)/p-1/b14-10+. The van der Waals surface area contributed by atoms with Crippen LogP contribution in [0.25, 0.3) is 6.08 Å². The van der Waals surface area contributed by atoms with Crippen molar-refractivity contribution >= 4 is 29.6 Å². The zero-order chi connectivity index (χ0) is 16.8. The van der Waals surface area contributed by atoms with Gasteiger partial charge in [-0.25, -0.2) is 0 Å². The number of rotatable bonds is 5. The molecule has 0 aliphatic rings. The quantitative estimate of drug-likeness (QED) is 0.849. The second kappa shape index (κ2) is 7.47. The number of carboxylic acid groups (broad SMARTS) is 1. The average molecular weight is 331 g/mol. The summed E-state index contributed by atoms with van der Waals surface area (Å²) < 4.78 is 5.14. The van der Waals surface area contributed by atoms with Gasteiger partial charge in [-0.05, 0) is 24.3 Å². The van der Waals surface area contributed by atoms with Gasteiger partial charge in [0, 0.05) is 5.56 Å². The first-order chi connectivity index (χ1) is 11.0. The zero-order valence-corrected chi connectivity index (χ0v) is 13.0. The topological polar surface area (TPSA) is 78.5 Å². The molecular formula is C17H13ClNO4-. The van der Waals surface area contributed by atoms with Crippen molar-refractivity contribution in [2.75, 3.05) is 7.11 Å². The SMILES string of the molecule is COc1ccccc1/C=C(/NC(=O)c1ccccc1Cl)C(=O)[O-]. The number of ether oxygens (including phenoxy) is 1. The highest BCUT2D eigenvalue weighted by Crippen LogP contribution is 2.20. The zero-order valence-electron chi connectivity index (χ0n) is 12.2. The lowest BCUT2D eigenvalue weighted by molar-refractivity contribution is -0.299. The number of carboxylic acids is 1. The Morgan fingerprint density at radius 2 is 1.78 bits per heavy atom. The normalized spacial score (nSPS) is 11.0. The molecule has 23 heavy (non-hydrogen) atoms. The second-order valence-corrected chi connectivity index (χ2v) is 4.93. The minimum Gasteiger partial charge on any atom is -0.543 e. The van der Waals surface area contributed by atoms with E-state index in [0.29, 0.717) is 11.3 Å². The molecule has 0 heterocycles. The summed E-state index contributed by atoms with van der Waals surface area (Å²) in [7, 11) is 1.47. The molecule has 2 rings (SSSR count). The molecule has 0 radical (unpaired) electrons. The highest BCUT2D eigenvalue weighted by molar-refractivity contribution is 6.34. The summed E-state index contributed by atoms with van der Waals surface area (Å²) in [4.78, 5) is 23.5. The molecule has 0 spiro atoms. The van der Waals surface area contributed by atoms with Crippen molar-refractivity contribution in [1.29, 1.82) is 0 Å². The third-order valence-electron chi connectivity index (χ3n) is 3.03. The number of carbonyl (C=O) groups is 2. The Morgan fingerprint density at radius 3 is 2.43 bits per heavy atom. The fourth-order valence-electron chi connectivity index (χ4n) is 1.92. The van der Waals surface area contributed by atoms with Crippen molar-refractivity contribution in [3.8, 4) is 5.75 Å². The Labute approximate surface area is 138 Å². The number of hydrogen-bond donors (Lipinski definition) is 1. The molecule has 0 aromatic heterocycles. The minimum atomic E-state index is -1.52. The fraction of sp³-hybridized carbons (Fsp3) is 0.0588. The maximum atomic E-state index is 12.2. The number of para-hydroxylation sites is 1. The molecule has 1 N–H and O–H groups in total. The number of methoxy groups -OCH3 is 1. The van der Waals surface area contributed by atoms with Gasteiger partial charge in [0.05, 0.1) is 29.4 Å². The smallest absolute Gasteiger partial charge is 0.257 e. The van der Waals surface area contributed by atoms with Crippen molar-refractivity contribution in [3.63, 3.8) is 0 Å².